The third-order valence-electron chi connectivity index (χ3n) is 5.10. The summed E-state index contributed by atoms with van der Waals surface area (Å²) in [6.45, 7) is 1.26. The molecule has 0 spiro atoms. The third-order valence-corrected chi connectivity index (χ3v) is 5.10. The zero-order valence-electron chi connectivity index (χ0n) is 15.0. The molecule has 1 aromatic carbocycles. The molecule has 0 bridgehead atoms. The average molecular weight is 370 g/mol. The molecule has 5 nitrogen and oxygen atoms in total. The van der Waals surface area contributed by atoms with Gasteiger partial charge in [-0.1, -0.05) is 12.1 Å². The number of allylic oxidation sites excluding steroid dienone is 4. The van der Waals surface area contributed by atoms with Crippen LogP contribution in [0.3, 0.4) is 0 Å². The summed E-state index contributed by atoms with van der Waals surface area (Å²) < 4.78 is 28.1. The number of piperidine rings is 1. The van der Waals surface area contributed by atoms with Crippen LogP contribution < -0.4 is 16.4 Å². The summed E-state index contributed by atoms with van der Waals surface area (Å²) in [5.74, 6) is -1.50. The van der Waals surface area contributed by atoms with Crippen molar-refractivity contribution in [2.45, 2.75) is 17.9 Å². The number of alkyl halides is 1. The first-order chi connectivity index (χ1) is 12.8. The fourth-order valence-electron chi connectivity index (χ4n) is 3.33. The lowest BCUT2D eigenvalue weighted by atomic mass is 9.59. The molecule has 2 aliphatic rings. The van der Waals surface area contributed by atoms with Crippen LogP contribution in [0, 0.1) is 5.41 Å². The molecule has 3 rings (SSSR count). The highest BCUT2D eigenvalue weighted by molar-refractivity contribution is 6.28. The monoisotopic (exact) mass is 370 g/mol. The minimum absolute atomic E-state index is 0.144. The van der Waals surface area contributed by atoms with Crippen LogP contribution >= 0.6 is 0 Å². The lowest BCUT2D eigenvalue weighted by molar-refractivity contribution is -0.114. The number of anilines is 1. The van der Waals surface area contributed by atoms with Crippen LogP contribution in [0.2, 0.25) is 0 Å². The van der Waals surface area contributed by atoms with Crippen molar-refractivity contribution in [3.05, 3.63) is 65.2 Å². The quantitative estimate of drug-likeness (QED) is 0.605. The molecule has 2 atom stereocenters. The van der Waals surface area contributed by atoms with E-state index < -0.39 is 23.2 Å². The fraction of sp³-hybridized carbons (Fsp3) is 0.263. The molecule has 1 aliphatic heterocycles. The molecule has 1 saturated heterocycles. The van der Waals surface area contributed by atoms with Gasteiger partial charge in [-0.3, -0.25) is 10.2 Å². The molecule has 1 aromatic rings. The molecule has 140 valence electrons. The maximum absolute atomic E-state index is 14.4. The number of amides is 1. The Kier molecular flexibility index (Phi) is 5.27. The number of carbonyl (C=O) groups excluding carboxylic acids is 1. The molecular formula is C19H21BF2N4O. The van der Waals surface area contributed by atoms with Gasteiger partial charge >= 0.3 is 0 Å². The van der Waals surface area contributed by atoms with Crippen LogP contribution in [-0.2, 0) is 10.1 Å². The maximum Gasteiger partial charge on any atom is 0.250 e. The summed E-state index contributed by atoms with van der Waals surface area (Å²) in [6.07, 6.45) is 3.11. The van der Waals surface area contributed by atoms with Gasteiger partial charge in [0.05, 0.1) is 11.3 Å². The molecule has 1 fully saturated rings. The van der Waals surface area contributed by atoms with Gasteiger partial charge in [-0.2, -0.15) is 0 Å². The van der Waals surface area contributed by atoms with Gasteiger partial charge in [0.1, 0.15) is 19.8 Å². The largest absolute Gasteiger partial charge is 0.366 e. The molecule has 2 unspecified atom stereocenters. The second-order valence-electron chi connectivity index (χ2n) is 7.00. The van der Waals surface area contributed by atoms with Gasteiger partial charge in [-0.15, -0.1) is 0 Å². The minimum Gasteiger partial charge on any atom is -0.366 e. The SMILES string of the molecule is BC1(c2ccc(N/C=C3/C=C(F)C=C(C(N)=O)C3=N)cc2)CNCCC1F. The van der Waals surface area contributed by atoms with Gasteiger partial charge < -0.3 is 16.4 Å². The molecule has 1 amide bonds. The molecule has 5 N–H and O–H groups in total. The first-order valence-electron chi connectivity index (χ1n) is 8.71. The van der Waals surface area contributed by atoms with Crippen molar-refractivity contribution in [3.63, 3.8) is 0 Å². The second-order valence-corrected chi connectivity index (χ2v) is 7.00. The van der Waals surface area contributed by atoms with Gasteiger partial charge in [0, 0.05) is 29.3 Å². The minimum atomic E-state index is -0.908. The van der Waals surface area contributed by atoms with Crippen LogP contribution in [0.15, 0.2) is 59.6 Å². The number of rotatable bonds is 4. The van der Waals surface area contributed by atoms with Crippen LogP contribution in [0.4, 0.5) is 14.5 Å². The second kappa shape index (κ2) is 7.48. The number of hydrogen-bond acceptors (Lipinski definition) is 4. The van der Waals surface area contributed by atoms with Gasteiger partial charge in [0.25, 0.3) is 5.91 Å². The number of benzene rings is 1. The Morgan fingerprint density at radius 2 is 2.07 bits per heavy atom. The van der Waals surface area contributed by atoms with E-state index in [1.54, 1.807) is 12.1 Å². The summed E-state index contributed by atoms with van der Waals surface area (Å²) in [6, 6.07) is 7.32. The van der Waals surface area contributed by atoms with Crippen molar-refractivity contribution in [2.24, 2.45) is 5.73 Å². The summed E-state index contributed by atoms with van der Waals surface area (Å²) in [7, 11) is 1.91. The smallest absolute Gasteiger partial charge is 0.250 e. The summed E-state index contributed by atoms with van der Waals surface area (Å²) in [5, 5.41) is 13.6. The Bertz CT molecular complexity index is 863. The van der Waals surface area contributed by atoms with Crippen molar-refractivity contribution in [3.8, 4) is 0 Å². The normalized spacial score (nSPS) is 27.1. The molecular weight excluding hydrogens is 349 g/mol. The molecule has 1 aliphatic carbocycles. The van der Waals surface area contributed by atoms with Crippen molar-refractivity contribution in [1.82, 2.24) is 5.32 Å². The van der Waals surface area contributed by atoms with Crippen LogP contribution in [0.1, 0.15) is 12.0 Å². The molecule has 0 radical (unpaired) electrons. The summed E-state index contributed by atoms with van der Waals surface area (Å²) in [5.41, 5.74) is 6.66. The van der Waals surface area contributed by atoms with E-state index in [9.17, 15) is 13.6 Å². The van der Waals surface area contributed by atoms with Crippen LogP contribution in [-0.4, -0.2) is 38.7 Å². The van der Waals surface area contributed by atoms with Gasteiger partial charge in [0.15, 0.2) is 0 Å². The van der Waals surface area contributed by atoms with Gasteiger partial charge in [-0.25, -0.2) is 8.78 Å². The van der Waals surface area contributed by atoms with Gasteiger partial charge in [0.2, 0.25) is 0 Å². The van der Waals surface area contributed by atoms with Crippen LogP contribution in [0.25, 0.3) is 0 Å². The summed E-state index contributed by atoms with van der Waals surface area (Å²) >= 11 is 0. The van der Waals surface area contributed by atoms with E-state index in [2.05, 4.69) is 10.6 Å². The van der Waals surface area contributed by atoms with E-state index in [1.165, 1.54) is 6.20 Å². The Morgan fingerprint density at radius 1 is 1.37 bits per heavy atom. The number of halogens is 2. The Morgan fingerprint density at radius 3 is 2.70 bits per heavy atom. The zero-order valence-corrected chi connectivity index (χ0v) is 15.0. The van der Waals surface area contributed by atoms with E-state index in [4.69, 9.17) is 11.1 Å². The number of hydrogen-bond donors (Lipinski definition) is 4. The molecule has 0 aromatic heterocycles. The average Bonchev–Trinajstić information content (AvgIpc) is 2.65. The Labute approximate surface area is 157 Å². The molecule has 8 heteroatoms. The first kappa shape index (κ1) is 19.0. The van der Waals surface area contributed by atoms with E-state index in [1.807, 2.05) is 20.0 Å². The van der Waals surface area contributed by atoms with Gasteiger partial charge in [-0.05, 0) is 42.8 Å². The predicted octanol–water partition coefficient (Wildman–Crippen LogP) is 1.44. The van der Waals surface area contributed by atoms with Crippen molar-refractivity contribution in [2.75, 3.05) is 18.4 Å². The highest BCUT2D eigenvalue weighted by Gasteiger charge is 2.38. The molecule has 0 saturated carbocycles. The maximum atomic E-state index is 14.4. The lowest BCUT2D eigenvalue weighted by Gasteiger charge is -2.38. The standard InChI is InChI=1S/C19H21BF2N4O/c20-19(10-25-6-5-16(19)22)12-1-3-14(4-2-12)26-9-11-7-13(21)8-15(17(11)23)18(24)27/h1-4,7-9,16,23,25-26H,5-6,10,20H2,(H2,24,27)/b11-9-,23-17?. The highest BCUT2D eigenvalue weighted by atomic mass is 19.1. The first-order valence-corrected chi connectivity index (χ1v) is 8.71. The predicted molar refractivity (Wildman–Crippen MR) is 105 cm³/mol. The van der Waals surface area contributed by atoms with Crippen molar-refractivity contribution < 1.29 is 13.6 Å². The third kappa shape index (κ3) is 3.85. The molecule has 27 heavy (non-hydrogen) atoms. The van der Waals surface area contributed by atoms with E-state index in [0.29, 0.717) is 25.2 Å². The highest BCUT2D eigenvalue weighted by Crippen LogP contribution is 2.31. The zero-order chi connectivity index (χ0) is 19.6. The number of nitrogens with one attached hydrogen (secondary N) is 3. The van der Waals surface area contributed by atoms with E-state index >= 15 is 0 Å². The van der Waals surface area contributed by atoms with Crippen molar-refractivity contribution in [1.29, 1.82) is 5.41 Å². The lowest BCUT2D eigenvalue weighted by Crippen LogP contribution is -2.51. The number of primary amides is 1. The molecule has 1 heterocycles. The number of nitrogens with two attached hydrogens (primary N) is 1. The number of carbonyl (C=O) groups is 1. The summed E-state index contributed by atoms with van der Waals surface area (Å²) in [4.78, 5) is 11.3. The van der Waals surface area contributed by atoms with E-state index in [-0.39, 0.29) is 16.9 Å². The topological polar surface area (TPSA) is 91.0 Å². The fourth-order valence-corrected chi connectivity index (χ4v) is 3.33. The van der Waals surface area contributed by atoms with Crippen molar-refractivity contribution >= 4 is 25.2 Å². The van der Waals surface area contributed by atoms with Crippen LogP contribution in [0.5, 0.6) is 0 Å². The van der Waals surface area contributed by atoms with E-state index in [0.717, 1.165) is 17.7 Å². The Balaban J connectivity index is 1.76. The Hall–Kier alpha value is -2.74.